The Balaban J connectivity index is 1.61. The number of nitrogens with one attached hydrogen (secondary N) is 1. The van der Waals surface area contributed by atoms with Gasteiger partial charge in [0.1, 0.15) is 4.88 Å². The second-order valence-corrected chi connectivity index (χ2v) is 7.07. The van der Waals surface area contributed by atoms with Crippen LogP contribution >= 0.6 is 27.3 Å². The van der Waals surface area contributed by atoms with Crippen LogP contribution in [0.4, 0.5) is 0 Å². The molecule has 1 saturated heterocycles. The molecule has 6 heteroatoms. The number of hydrogen-bond donors (Lipinski definition) is 1. The van der Waals surface area contributed by atoms with Crippen LogP contribution in [0, 0.1) is 5.92 Å². The first-order chi connectivity index (χ1) is 9.06. The molecule has 19 heavy (non-hydrogen) atoms. The zero-order valence-electron chi connectivity index (χ0n) is 10.6. The van der Waals surface area contributed by atoms with Gasteiger partial charge in [0.2, 0.25) is 5.91 Å². The third-order valence-electron chi connectivity index (χ3n) is 3.78. The standard InChI is InChI=1S/C13H15BrN2O2S/c1-7-4-10(7)16-6-8(5-11(16)17)15-13(18)12-9(14)2-3-19-12/h2-3,7-8,10H,4-6H2,1H3,(H,15,18)/t7-,8-,10+/m0/s1. The molecule has 3 atom stereocenters. The molecule has 4 nitrogen and oxygen atoms in total. The van der Waals surface area contributed by atoms with Crippen molar-refractivity contribution in [1.82, 2.24) is 10.2 Å². The van der Waals surface area contributed by atoms with Gasteiger partial charge in [0, 0.05) is 23.5 Å². The van der Waals surface area contributed by atoms with E-state index in [1.54, 1.807) is 0 Å². The van der Waals surface area contributed by atoms with E-state index in [0.717, 1.165) is 10.9 Å². The molecule has 0 aromatic carbocycles. The van der Waals surface area contributed by atoms with E-state index in [1.165, 1.54) is 11.3 Å². The fraction of sp³-hybridized carbons (Fsp3) is 0.538. The summed E-state index contributed by atoms with van der Waals surface area (Å²) in [6, 6.07) is 2.21. The molecule has 1 aliphatic carbocycles. The molecular formula is C13H15BrN2O2S. The van der Waals surface area contributed by atoms with Crippen molar-refractivity contribution < 1.29 is 9.59 Å². The van der Waals surface area contributed by atoms with Gasteiger partial charge in [0.15, 0.2) is 0 Å². The Labute approximate surface area is 124 Å². The van der Waals surface area contributed by atoms with Gasteiger partial charge in [-0.05, 0) is 39.7 Å². The van der Waals surface area contributed by atoms with E-state index < -0.39 is 0 Å². The van der Waals surface area contributed by atoms with Crippen molar-refractivity contribution in [2.24, 2.45) is 5.92 Å². The summed E-state index contributed by atoms with van der Waals surface area (Å²) in [6.45, 7) is 2.81. The lowest BCUT2D eigenvalue weighted by atomic mass is 10.2. The minimum absolute atomic E-state index is 0.0539. The highest BCUT2D eigenvalue weighted by Crippen LogP contribution is 2.37. The predicted octanol–water partition coefficient (Wildman–Crippen LogP) is 2.25. The highest BCUT2D eigenvalue weighted by Gasteiger charge is 2.44. The third-order valence-corrected chi connectivity index (χ3v) is 5.62. The zero-order valence-corrected chi connectivity index (χ0v) is 13.0. The summed E-state index contributed by atoms with van der Waals surface area (Å²) >= 11 is 4.76. The van der Waals surface area contributed by atoms with E-state index in [1.807, 2.05) is 16.3 Å². The number of amides is 2. The minimum atomic E-state index is -0.0922. The lowest BCUT2D eigenvalue weighted by molar-refractivity contribution is -0.128. The van der Waals surface area contributed by atoms with Gasteiger partial charge in [-0.3, -0.25) is 9.59 Å². The maximum Gasteiger partial charge on any atom is 0.262 e. The fourth-order valence-corrected chi connectivity index (χ4v) is 4.05. The Bertz CT molecular complexity index is 530. The summed E-state index contributed by atoms with van der Waals surface area (Å²) in [5.74, 6) is 0.695. The number of halogens is 1. The number of rotatable bonds is 3. The largest absolute Gasteiger partial charge is 0.346 e. The Hall–Kier alpha value is -0.880. The summed E-state index contributed by atoms with van der Waals surface area (Å²) in [7, 11) is 0. The van der Waals surface area contributed by atoms with Crippen molar-refractivity contribution in [1.29, 1.82) is 0 Å². The van der Waals surface area contributed by atoms with Crippen LogP contribution in [0.3, 0.4) is 0 Å². The van der Waals surface area contributed by atoms with Gasteiger partial charge >= 0.3 is 0 Å². The van der Waals surface area contributed by atoms with Crippen molar-refractivity contribution >= 4 is 39.1 Å². The van der Waals surface area contributed by atoms with Crippen molar-refractivity contribution in [2.45, 2.75) is 31.8 Å². The summed E-state index contributed by atoms with van der Waals surface area (Å²) in [6.07, 6.45) is 1.53. The molecule has 0 radical (unpaired) electrons. The van der Waals surface area contributed by atoms with Gasteiger partial charge < -0.3 is 10.2 Å². The number of likely N-dealkylation sites (tertiary alicyclic amines) is 1. The highest BCUT2D eigenvalue weighted by molar-refractivity contribution is 9.10. The van der Waals surface area contributed by atoms with E-state index in [2.05, 4.69) is 28.2 Å². The highest BCUT2D eigenvalue weighted by atomic mass is 79.9. The van der Waals surface area contributed by atoms with E-state index >= 15 is 0 Å². The van der Waals surface area contributed by atoms with Gasteiger partial charge in [-0.2, -0.15) is 0 Å². The summed E-state index contributed by atoms with van der Waals surface area (Å²) in [5, 5.41) is 4.83. The molecule has 2 heterocycles. The second kappa shape index (κ2) is 4.90. The molecule has 2 aliphatic rings. The van der Waals surface area contributed by atoms with Gasteiger partial charge in [0.25, 0.3) is 5.91 Å². The number of carbonyl (C=O) groups excluding carboxylic acids is 2. The molecule has 3 rings (SSSR count). The Morgan fingerprint density at radius 1 is 1.58 bits per heavy atom. The molecule has 0 unspecified atom stereocenters. The maximum absolute atomic E-state index is 12.1. The number of nitrogens with zero attached hydrogens (tertiary/aromatic N) is 1. The van der Waals surface area contributed by atoms with Crippen LogP contribution < -0.4 is 5.32 Å². The van der Waals surface area contributed by atoms with E-state index in [9.17, 15) is 9.59 Å². The number of hydrogen-bond acceptors (Lipinski definition) is 3. The predicted molar refractivity (Wildman–Crippen MR) is 77.2 cm³/mol. The Kier molecular flexibility index (Phi) is 3.39. The zero-order chi connectivity index (χ0) is 13.6. The second-order valence-electron chi connectivity index (χ2n) is 5.30. The van der Waals surface area contributed by atoms with Gasteiger partial charge in [-0.1, -0.05) is 6.92 Å². The van der Waals surface area contributed by atoms with E-state index in [4.69, 9.17) is 0 Å². The topological polar surface area (TPSA) is 49.4 Å². The summed E-state index contributed by atoms with van der Waals surface area (Å²) in [4.78, 5) is 26.6. The van der Waals surface area contributed by atoms with E-state index in [0.29, 0.717) is 29.8 Å². The third kappa shape index (κ3) is 2.56. The Morgan fingerprint density at radius 3 is 2.89 bits per heavy atom. The summed E-state index contributed by atoms with van der Waals surface area (Å²) < 4.78 is 0.812. The van der Waals surface area contributed by atoms with Crippen LogP contribution in [0.2, 0.25) is 0 Å². The van der Waals surface area contributed by atoms with Crippen LogP contribution in [0.15, 0.2) is 15.9 Å². The SMILES string of the molecule is C[C@H]1C[C@H]1N1C[C@@H](NC(=O)c2sccc2Br)CC1=O. The van der Waals surface area contributed by atoms with Crippen LogP contribution in [-0.4, -0.2) is 35.3 Å². The van der Waals surface area contributed by atoms with Crippen LogP contribution in [0.1, 0.15) is 29.4 Å². The number of carbonyl (C=O) groups is 2. The first-order valence-electron chi connectivity index (χ1n) is 6.39. The number of thiophene rings is 1. The quantitative estimate of drug-likeness (QED) is 0.915. The maximum atomic E-state index is 12.1. The molecule has 1 aliphatic heterocycles. The smallest absolute Gasteiger partial charge is 0.262 e. The van der Waals surface area contributed by atoms with Gasteiger partial charge in [-0.15, -0.1) is 11.3 Å². The van der Waals surface area contributed by atoms with Gasteiger partial charge in [0.05, 0.1) is 6.04 Å². The molecule has 2 fully saturated rings. The molecule has 102 valence electrons. The molecule has 1 aromatic heterocycles. The Morgan fingerprint density at radius 2 is 2.32 bits per heavy atom. The minimum Gasteiger partial charge on any atom is -0.346 e. The average molecular weight is 343 g/mol. The fourth-order valence-electron chi connectivity index (χ4n) is 2.59. The first kappa shape index (κ1) is 13.1. The van der Waals surface area contributed by atoms with Gasteiger partial charge in [-0.25, -0.2) is 0 Å². The molecule has 1 saturated carbocycles. The van der Waals surface area contributed by atoms with Crippen molar-refractivity contribution in [3.05, 3.63) is 20.8 Å². The van der Waals surface area contributed by atoms with E-state index in [-0.39, 0.29) is 17.9 Å². The van der Waals surface area contributed by atoms with Crippen LogP contribution in [-0.2, 0) is 4.79 Å². The van der Waals surface area contributed by atoms with Crippen LogP contribution in [0.5, 0.6) is 0 Å². The normalized spacial score (nSPS) is 29.7. The van der Waals surface area contributed by atoms with Crippen molar-refractivity contribution in [2.75, 3.05) is 6.54 Å². The lowest BCUT2D eigenvalue weighted by Crippen LogP contribution is -2.37. The average Bonchev–Trinajstić information content (AvgIpc) is 2.75. The molecular weight excluding hydrogens is 328 g/mol. The molecule has 0 spiro atoms. The van der Waals surface area contributed by atoms with Crippen LogP contribution in [0.25, 0.3) is 0 Å². The van der Waals surface area contributed by atoms with Crippen molar-refractivity contribution in [3.63, 3.8) is 0 Å². The molecule has 1 aromatic rings. The first-order valence-corrected chi connectivity index (χ1v) is 8.07. The lowest BCUT2D eigenvalue weighted by Gasteiger charge is -2.16. The monoisotopic (exact) mass is 342 g/mol. The molecule has 1 N–H and O–H groups in total. The van der Waals surface area contributed by atoms with Crippen molar-refractivity contribution in [3.8, 4) is 0 Å². The molecule has 2 amide bonds. The molecule has 0 bridgehead atoms. The summed E-state index contributed by atoms with van der Waals surface area (Å²) in [5.41, 5.74) is 0.